The molecular weight excluding hydrogens is 723 g/mol. The minimum atomic E-state index is -1.19. The highest BCUT2D eigenvalue weighted by atomic mass is 16.6. The van der Waals surface area contributed by atoms with Crippen molar-refractivity contribution in [2.75, 3.05) is 25.0 Å². The molecule has 0 radical (unpaired) electrons. The molecule has 0 bridgehead atoms. The highest BCUT2D eigenvalue weighted by Crippen LogP contribution is 2.45. The summed E-state index contributed by atoms with van der Waals surface area (Å²) in [4.78, 5) is 70.5. The summed E-state index contributed by atoms with van der Waals surface area (Å²) in [5.41, 5.74) is 5.15. The van der Waals surface area contributed by atoms with Gasteiger partial charge in [-0.3, -0.25) is 19.3 Å². The van der Waals surface area contributed by atoms with E-state index in [0.29, 0.717) is 49.9 Å². The van der Waals surface area contributed by atoms with Crippen LogP contribution in [0.15, 0.2) is 77.6 Å². The number of carbonyl (C=O) groups is 4. The lowest BCUT2D eigenvalue weighted by atomic mass is 9.83. The van der Waals surface area contributed by atoms with Gasteiger partial charge in [0.2, 0.25) is 11.5 Å². The number of aryl methyl sites for hydroxylation is 1. The highest BCUT2D eigenvalue weighted by Gasteiger charge is 2.39. The van der Waals surface area contributed by atoms with Crippen LogP contribution in [0.4, 0.5) is 15.3 Å². The minimum Gasteiger partial charge on any atom is -0.465 e. The van der Waals surface area contributed by atoms with Crippen LogP contribution in [0.1, 0.15) is 94.7 Å². The maximum atomic E-state index is 14.5. The predicted octanol–water partition coefficient (Wildman–Crippen LogP) is 7.74. The maximum absolute atomic E-state index is 14.5. The molecule has 0 unspecified atom stereocenters. The molecule has 12 nitrogen and oxygen atoms in total. The number of carbonyl (C=O) groups excluding carboxylic acids is 3. The predicted molar refractivity (Wildman–Crippen MR) is 222 cm³/mol. The molecule has 12 heteroatoms. The number of ether oxygens (including phenoxy) is 1. The second kappa shape index (κ2) is 18.2. The van der Waals surface area contributed by atoms with E-state index in [2.05, 4.69) is 20.9 Å². The number of alkyl carbamates (subject to hydrolysis) is 1. The summed E-state index contributed by atoms with van der Waals surface area (Å²) in [6, 6.07) is 21.0. The van der Waals surface area contributed by atoms with Gasteiger partial charge in [-0.1, -0.05) is 73.9 Å². The number of rotatable bonds is 15. The van der Waals surface area contributed by atoms with Crippen molar-refractivity contribution in [2.45, 2.75) is 103 Å². The lowest BCUT2D eigenvalue weighted by Gasteiger charge is -2.35. The number of fused-ring (bicyclic) bond motifs is 4. The standard InChI is InChI=1S/C45H55N5O7/c1-28-24-40(51)49-38-25-30(21-22-31(28)38)48-42(53)37(20-12-13-23-46-43(54)57-45(2,3)4)47-26-39(41(52)29-14-6-5-7-15-29)50(44(55)56)27-36-34-18-10-8-16-32(34)33-17-9-11-19-35(33)36/h8-11,16-19,21-22,24-25,29,36-37,39,47H,5-7,12-15,20,23,26-27H2,1-4H3,(H,46,54)(H,48,53)(H,49,51)(H,55,56)/t37-,39-/m0/s1. The van der Waals surface area contributed by atoms with Crippen molar-refractivity contribution >= 4 is 40.5 Å². The third kappa shape index (κ3) is 10.3. The van der Waals surface area contributed by atoms with E-state index >= 15 is 0 Å². The molecular formula is C45H55N5O7. The molecule has 57 heavy (non-hydrogen) atoms. The Morgan fingerprint density at radius 1 is 0.912 bits per heavy atom. The number of ketones is 1. The molecule has 0 spiro atoms. The van der Waals surface area contributed by atoms with E-state index in [1.54, 1.807) is 32.9 Å². The molecule has 5 N–H and O–H groups in total. The van der Waals surface area contributed by atoms with E-state index in [1.807, 2.05) is 61.5 Å². The van der Waals surface area contributed by atoms with Crippen LogP contribution in [0.3, 0.4) is 0 Å². The zero-order chi connectivity index (χ0) is 40.7. The van der Waals surface area contributed by atoms with Crippen LogP contribution in [0.5, 0.6) is 0 Å². The van der Waals surface area contributed by atoms with Gasteiger partial charge in [-0.15, -0.1) is 0 Å². The number of nitrogens with zero attached hydrogens (tertiary/aromatic N) is 1. The van der Waals surface area contributed by atoms with Crippen molar-refractivity contribution in [3.8, 4) is 11.1 Å². The van der Waals surface area contributed by atoms with E-state index in [9.17, 15) is 29.1 Å². The first-order valence-corrected chi connectivity index (χ1v) is 20.2. The summed E-state index contributed by atoms with van der Waals surface area (Å²) in [5.74, 6) is -1.03. The summed E-state index contributed by atoms with van der Waals surface area (Å²) in [7, 11) is 0. The number of hydrogen-bond donors (Lipinski definition) is 5. The van der Waals surface area contributed by atoms with Crippen LogP contribution in [0, 0.1) is 12.8 Å². The summed E-state index contributed by atoms with van der Waals surface area (Å²) in [6.07, 6.45) is 3.97. The molecule has 3 amide bonds. The molecule has 1 saturated carbocycles. The summed E-state index contributed by atoms with van der Waals surface area (Å²) >= 11 is 0. The first-order chi connectivity index (χ1) is 27.3. The monoisotopic (exact) mass is 777 g/mol. The van der Waals surface area contributed by atoms with Gasteiger partial charge in [0.05, 0.1) is 11.6 Å². The molecule has 2 aliphatic rings. The Kier molecular flexibility index (Phi) is 13.1. The van der Waals surface area contributed by atoms with E-state index in [4.69, 9.17) is 4.74 Å². The van der Waals surface area contributed by atoms with Gasteiger partial charge in [0, 0.05) is 48.6 Å². The van der Waals surface area contributed by atoms with Gasteiger partial charge >= 0.3 is 12.2 Å². The Hall–Kier alpha value is -5.49. The molecule has 6 rings (SSSR count). The van der Waals surface area contributed by atoms with Gasteiger partial charge in [-0.25, -0.2) is 9.59 Å². The number of pyridine rings is 1. The second-order valence-corrected chi connectivity index (χ2v) is 16.4. The van der Waals surface area contributed by atoms with Crippen LogP contribution in [0.25, 0.3) is 22.0 Å². The third-order valence-corrected chi connectivity index (χ3v) is 11.1. The van der Waals surface area contributed by atoms with Crippen LogP contribution >= 0.6 is 0 Å². The average molecular weight is 778 g/mol. The van der Waals surface area contributed by atoms with Gasteiger partial charge < -0.3 is 30.8 Å². The number of carboxylic acid groups (broad SMARTS) is 1. The first-order valence-electron chi connectivity index (χ1n) is 20.2. The number of aromatic nitrogens is 1. The molecule has 3 aromatic carbocycles. The van der Waals surface area contributed by atoms with Crippen molar-refractivity contribution in [1.82, 2.24) is 20.5 Å². The van der Waals surface area contributed by atoms with Gasteiger partial charge in [-0.2, -0.15) is 0 Å². The Balaban J connectivity index is 1.25. The Morgan fingerprint density at radius 2 is 1.58 bits per heavy atom. The van der Waals surface area contributed by atoms with Crippen molar-refractivity contribution in [2.24, 2.45) is 5.92 Å². The molecule has 1 heterocycles. The van der Waals surface area contributed by atoms with E-state index in [1.165, 1.54) is 11.0 Å². The Bertz CT molecular complexity index is 2110. The van der Waals surface area contributed by atoms with Crippen LogP contribution in [0.2, 0.25) is 0 Å². The van der Waals surface area contributed by atoms with Crippen molar-refractivity contribution in [1.29, 1.82) is 0 Å². The fourth-order valence-corrected chi connectivity index (χ4v) is 8.32. The Labute approximate surface area is 333 Å². The first kappa shape index (κ1) is 41.2. The lowest BCUT2D eigenvalue weighted by Crippen LogP contribution is -2.55. The smallest absolute Gasteiger partial charge is 0.407 e. The molecule has 1 aromatic heterocycles. The van der Waals surface area contributed by atoms with Crippen LogP contribution in [-0.4, -0.2) is 76.2 Å². The largest absolute Gasteiger partial charge is 0.465 e. The summed E-state index contributed by atoms with van der Waals surface area (Å²) in [6.45, 7) is 7.58. The number of anilines is 1. The minimum absolute atomic E-state index is 0.0594. The van der Waals surface area contributed by atoms with E-state index in [0.717, 1.165) is 52.5 Å². The van der Waals surface area contributed by atoms with Gasteiger partial charge in [0.15, 0.2) is 5.78 Å². The molecule has 302 valence electrons. The lowest BCUT2D eigenvalue weighted by molar-refractivity contribution is -0.129. The fraction of sp³-hybridized carbons (Fsp3) is 0.444. The third-order valence-electron chi connectivity index (χ3n) is 11.1. The number of hydrogen-bond acceptors (Lipinski definition) is 7. The molecule has 4 aromatic rings. The van der Waals surface area contributed by atoms with E-state index in [-0.39, 0.29) is 42.2 Å². The number of nitrogens with one attached hydrogen (secondary N) is 4. The van der Waals surface area contributed by atoms with Crippen LogP contribution < -0.4 is 21.5 Å². The fourth-order valence-electron chi connectivity index (χ4n) is 8.32. The second-order valence-electron chi connectivity index (χ2n) is 16.4. The quantitative estimate of drug-likeness (QED) is 0.0764. The van der Waals surface area contributed by atoms with Crippen molar-refractivity contribution in [3.63, 3.8) is 0 Å². The molecule has 2 aliphatic carbocycles. The number of amides is 3. The van der Waals surface area contributed by atoms with Gasteiger partial charge in [-0.05, 0) is 99.7 Å². The number of Topliss-reactive ketones (excluding diaryl/α,β-unsaturated/α-hetero) is 1. The number of benzene rings is 3. The topological polar surface area (TPSA) is 170 Å². The number of unbranched alkanes of at least 4 members (excludes halogenated alkanes) is 1. The zero-order valence-electron chi connectivity index (χ0n) is 33.4. The van der Waals surface area contributed by atoms with Crippen molar-refractivity contribution in [3.05, 3.63) is 99.8 Å². The van der Waals surface area contributed by atoms with Gasteiger partial charge in [0.1, 0.15) is 11.6 Å². The molecule has 0 saturated heterocycles. The normalized spacial score (nSPS) is 15.3. The SMILES string of the molecule is Cc1cc(=O)[nH]c2cc(NC(=O)[C@H](CCCCNC(=O)OC(C)(C)C)NC[C@@H](C(=O)C3CCCCC3)N(CC3c4ccccc4-c4ccccc43)C(=O)O)ccc12. The Morgan fingerprint density at radius 3 is 2.23 bits per heavy atom. The molecule has 2 atom stereocenters. The van der Waals surface area contributed by atoms with Crippen molar-refractivity contribution < 1.29 is 29.0 Å². The zero-order valence-corrected chi connectivity index (χ0v) is 33.4. The summed E-state index contributed by atoms with van der Waals surface area (Å²) < 4.78 is 5.35. The maximum Gasteiger partial charge on any atom is 0.407 e. The summed E-state index contributed by atoms with van der Waals surface area (Å²) in [5, 5.41) is 20.8. The van der Waals surface area contributed by atoms with Gasteiger partial charge in [0.25, 0.3) is 0 Å². The van der Waals surface area contributed by atoms with Crippen LogP contribution in [-0.2, 0) is 14.3 Å². The van der Waals surface area contributed by atoms with E-state index < -0.39 is 29.9 Å². The molecule has 1 fully saturated rings. The number of H-pyrrole nitrogens is 1. The average Bonchev–Trinajstić information content (AvgIpc) is 3.48. The molecule has 0 aliphatic heterocycles. The highest BCUT2D eigenvalue weighted by molar-refractivity contribution is 5.97. The number of aromatic amines is 1.